The van der Waals surface area contributed by atoms with Crippen molar-refractivity contribution in [3.63, 3.8) is 0 Å². The number of nitrogens with one attached hydrogen (secondary N) is 1. The molecule has 1 aromatic carbocycles. The minimum Gasteiger partial charge on any atom is -0.255 e. The van der Waals surface area contributed by atoms with Gasteiger partial charge in [-0.05, 0) is 36.2 Å². The molecule has 3 rings (SSSR count). The molecule has 0 spiro atoms. The normalized spacial score (nSPS) is 11.6. The molecule has 0 amide bonds. The molecule has 0 atom stereocenters. The summed E-state index contributed by atoms with van der Waals surface area (Å²) in [5.74, 6) is 0. The first kappa shape index (κ1) is 17.7. The number of rotatable bonds is 7. The van der Waals surface area contributed by atoms with Gasteiger partial charge in [0, 0.05) is 24.5 Å². The van der Waals surface area contributed by atoms with Gasteiger partial charge in [0.2, 0.25) is 10.0 Å². The van der Waals surface area contributed by atoms with Crippen LogP contribution in [0.3, 0.4) is 0 Å². The van der Waals surface area contributed by atoms with E-state index in [-0.39, 0.29) is 4.90 Å². The van der Waals surface area contributed by atoms with Crippen LogP contribution in [0.5, 0.6) is 0 Å². The highest BCUT2D eigenvalue weighted by atomic mass is 32.2. The summed E-state index contributed by atoms with van der Waals surface area (Å²) in [6, 6.07) is 12.6. The summed E-state index contributed by atoms with van der Waals surface area (Å²) >= 11 is 1.51. The summed E-state index contributed by atoms with van der Waals surface area (Å²) in [4.78, 5) is 9.07. The molecule has 130 valence electrons. The number of sulfonamides is 1. The summed E-state index contributed by atoms with van der Waals surface area (Å²) in [6.07, 6.45) is 3.16. The van der Waals surface area contributed by atoms with Crippen LogP contribution in [0, 0.1) is 0 Å². The van der Waals surface area contributed by atoms with Crippen LogP contribution in [0.2, 0.25) is 0 Å². The lowest BCUT2D eigenvalue weighted by atomic mass is 10.2. The molecule has 7 heteroatoms. The second kappa shape index (κ2) is 7.86. The summed E-state index contributed by atoms with van der Waals surface area (Å²) in [5, 5.41) is 2.82. The van der Waals surface area contributed by atoms with Gasteiger partial charge in [0.15, 0.2) is 0 Å². The molecule has 0 saturated carbocycles. The second-order valence-electron chi connectivity index (χ2n) is 5.49. The third-order valence-corrected chi connectivity index (χ3v) is 6.14. The number of benzene rings is 1. The molecule has 0 bridgehead atoms. The SMILES string of the molecule is CCc1ccc(S(=O)(=O)NCCc2nc(-c3ccccn3)cs2)cc1. The number of aromatic nitrogens is 2. The van der Waals surface area contributed by atoms with E-state index in [0.717, 1.165) is 28.4 Å². The predicted octanol–water partition coefficient (Wildman–Crippen LogP) is 3.29. The first-order valence-corrected chi connectivity index (χ1v) is 10.4. The fourth-order valence-corrected chi connectivity index (χ4v) is 4.16. The van der Waals surface area contributed by atoms with Crippen molar-refractivity contribution in [3.05, 3.63) is 64.6 Å². The van der Waals surface area contributed by atoms with Gasteiger partial charge < -0.3 is 0 Å². The number of pyridine rings is 1. The Labute approximate surface area is 151 Å². The number of nitrogens with zero attached hydrogens (tertiary/aromatic N) is 2. The molecule has 0 fully saturated rings. The van der Waals surface area contributed by atoms with Gasteiger partial charge in [-0.1, -0.05) is 25.1 Å². The maximum absolute atomic E-state index is 12.3. The largest absolute Gasteiger partial charge is 0.255 e. The van der Waals surface area contributed by atoms with Gasteiger partial charge in [0.05, 0.1) is 21.3 Å². The highest BCUT2D eigenvalue weighted by Crippen LogP contribution is 2.20. The van der Waals surface area contributed by atoms with Crippen molar-refractivity contribution in [2.75, 3.05) is 6.54 Å². The Balaban J connectivity index is 1.59. The Morgan fingerprint density at radius 2 is 1.88 bits per heavy atom. The number of hydrogen-bond acceptors (Lipinski definition) is 5. The van der Waals surface area contributed by atoms with Gasteiger partial charge in [-0.2, -0.15) is 0 Å². The molecule has 0 aliphatic heterocycles. The Bertz CT molecular complexity index is 920. The van der Waals surface area contributed by atoms with E-state index >= 15 is 0 Å². The van der Waals surface area contributed by atoms with E-state index in [2.05, 4.69) is 14.7 Å². The maximum Gasteiger partial charge on any atom is 0.240 e. The molecular formula is C18H19N3O2S2. The van der Waals surface area contributed by atoms with E-state index in [1.165, 1.54) is 11.3 Å². The van der Waals surface area contributed by atoms with Crippen LogP contribution >= 0.6 is 11.3 Å². The first-order chi connectivity index (χ1) is 12.1. The minimum atomic E-state index is -3.49. The summed E-state index contributed by atoms with van der Waals surface area (Å²) in [7, 11) is -3.49. The highest BCUT2D eigenvalue weighted by molar-refractivity contribution is 7.89. The second-order valence-corrected chi connectivity index (χ2v) is 8.20. The van der Waals surface area contributed by atoms with Crippen molar-refractivity contribution >= 4 is 21.4 Å². The molecule has 2 aromatic heterocycles. The third kappa shape index (κ3) is 4.50. The molecule has 0 aliphatic rings. The van der Waals surface area contributed by atoms with Gasteiger partial charge in [0.25, 0.3) is 0 Å². The Kier molecular flexibility index (Phi) is 5.57. The van der Waals surface area contributed by atoms with Crippen LogP contribution < -0.4 is 4.72 Å². The lowest BCUT2D eigenvalue weighted by Crippen LogP contribution is -2.26. The Morgan fingerprint density at radius 3 is 2.56 bits per heavy atom. The summed E-state index contributed by atoms with van der Waals surface area (Å²) in [6.45, 7) is 2.35. The van der Waals surface area contributed by atoms with Gasteiger partial charge in [-0.15, -0.1) is 11.3 Å². The molecule has 25 heavy (non-hydrogen) atoms. The van der Waals surface area contributed by atoms with Crippen molar-refractivity contribution in [3.8, 4) is 11.4 Å². The zero-order valence-electron chi connectivity index (χ0n) is 13.8. The van der Waals surface area contributed by atoms with Crippen LogP contribution in [0.1, 0.15) is 17.5 Å². The fraction of sp³-hybridized carbons (Fsp3) is 0.222. The van der Waals surface area contributed by atoms with Gasteiger partial charge in [0.1, 0.15) is 0 Å². The highest BCUT2D eigenvalue weighted by Gasteiger charge is 2.13. The Morgan fingerprint density at radius 1 is 1.08 bits per heavy atom. The molecule has 0 unspecified atom stereocenters. The van der Waals surface area contributed by atoms with E-state index < -0.39 is 10.0 Å². The molecular weight excluding hydrogens is 354 g/mol. The van der Waals surface area contributed by atoms with Crippen molar-refractivity contribution in [2.24, 2.45) is 0 Å². The fourth-order valence-electron chi connectivity index (χ4n) is 2.34. The molecule has 0 radical (unpaired) electrons. The van der Waals surface area contributed by atoms with Crippen molar-refractivity contribution in [1.82, 2.24) is 14.7 Å². The number of hydrogen-bond donors (Lipinski definition) is 1. The van der Waals surface area contributed by atoms with E-state index in [0.29, 0.717) is 13.0 Å². The Hall–Kier alpha value is -2.09. The van der Waals surface area contributed by atoms with Gasteiger partial charge >= 0.3 is 0 Å². The summed E-state index contributed by atoms with van der Waals surface area (Å²) < 4.78 is 27.3. The van der Waals surface area contributed by atoms with Crippen LogP contribution in [-0.4, -0.2) is 24.9 Å². The molecule has 0 aliphatic carbocycles. The number of aryl methyl sites for hydroxylation is 1. The molecule has 2 heterocycles. The average Bonchev–Trinajstić information content (AvgIpc) is 3.11. The standard InChI is InChI=1S/C18H19N3O2S2/c1-2-14-6-8-15(9-7-14)25(22,23)20-12-10-18-21-17(13-24-18)16-5-3-4-11-19-16/h3-9,11,13,20H,2,10,12H2,1H3. The van der Waals surface area contributed by atoms with Crippen molar-refractivity contribution in [2.45, 2.75) is 24.7 Å². The summed E-state index contributed by atoms with van der Waals surface area (Å²) in [5.41, 5.74) is 2.75. The topological polar surface area (TPSA) is 72.0 Å². The van der Waals surface area contributed by atoms with Crippen molar-refractivity contribution < 1.29 is 8.42 Å². The van der Waals surface area contributed by atoms with Crippen LogP contribution in [-0.2, 0) is 22.9 Å². The number of thiazole rings is 1. The molecule has 3 aromatic rings. The van der Waals surface area contributed by atoms with Crippen LogP contribution in [0.4, 0.5) is 0 Å². The molecule has 0 saturated heterocycles. The smallest absolute Gasteiger partial charge is 0.240 e. The monoisotopic (exact) mass is 373 g/mol. The first-order valence-electron chi connectivity index (χ1n) is 8.03. The lowest BCUT2D eigenvalue weighted by Gasteiger charge is -2.06. The van der Waals surface area contributed by atoms with E-state index in [4.69, 9.17) is 0 Å². The van der Waals surface area contributed by atoms with E-state index in [1.54, 1.807) is 18.3 Å². The van der Waals surface area contributed by atoms with Gasteiger partial charge in [-0.25, -0.2) is 18.1 Å². The van der Waals surface area contributed by atoms with Crippen LogP contribution in [0.15, 0.2) is 58.9 Å². The zero-order chi connectivity index (χ0) is 17.7. The molecule has 5 nitrogen and oxygen atoms in total. The predicted molar refractivity (Wildman–Crippen MR) is 100 cm³/mol. The lowest BCUT2D eigenvalue weighted by molar-refractivity contribution is 0.581. The maximum atomic E-state index is 12.3. The van der Waals surface area contributed by atoms with E-state index in [9.17, 15) is 8.42 Å². The molecule has 1 N–H and O–H groups in total. The third-order valence-electron chi connectivity index (χ3n) is 3.75. The zero-order valence-corrected chi connectivity index (χ0v) is 15.5. The van der Waals surface area contributed by atoms with Crippen molar-refractivity contribution in [1.29, 1.82) is 0 Å². The minimum absolute atomic E-state index is 0.290. The average molecular weight is 374 g/mol. The van der Waals surface area contributed by atoms with Crippen LogP contribution in [0.25, 0.3) is 11.4 Å². The van der Waals surface area contributed by atoms with E-state index in [1.807, 2.05) is 42.6 Å². The quantitative estimate of drug-likeness (QED) is 0.690. The van der Waals surface area contributed by atoms with Gasteiger partial charge in [-0.3, -0.25) is 4.98 Å².